The SMILES string of the molecule is Cc1ccc(C(=O)NC2CC2)cc1-c1ccc2c([C@H](C)C(F)(F)F)nncc2c1. The van der Waals surface area contributed by atoms with Crippen molar-refractivity contribution in [3.63, 3.8) is 0 Å². The molecule has 2 aromatic carbocycles. The number of rotatable bonds is 4. The van der Waals surface area contributed by atoms with Gasteiger partial charge < -0.3 is 5.32 Å². The normalized spacial score (nSPS) is 15.3. The minimum atomic E-state index is -4.39. The Morgan fingerprint density at radius 1 is 1.17 bits per heavy atom. The zero-order valence-corrected chi connectivity index (χ0v) is 16.0. The fraction of sp³-hybridized carbons (Fsp3) is 0.318. The van der Waals surface area contributed by atoms with Crippen molar-refractivity contribution in [2.45, 2.75) is 44.8 Å². The van der Waals surface area contributed by atoms with Crippen LogP contribution in [0.15, 0.2) is 42.6 Å². The molecule has 4 rings (SSSR count). The van der Waals surface area contributed by atoms with Gasteiger partial charge >= 0.3 is 6.18 Å². The molecule has 1 fully saturated rings. The number of alkyl halides is 3. The number of nitrogens with zero attached hydrogens (tertiary/aromatic N) is 2. The highest BCUT2D eigenvalue weighted by Gasteiger charge is 2.39. The second kappa shape index (κ2) is 7.13. The summed E-state index contributed by atoms with van der Waals surface area (Å²) in [7, 11) is 0. The Kier molecular flexibility index (Phi) is 4.76. The van der Waals surface area contributed by atoms with Crippen LogP contribution in [0.25, 0.3) is 21.9 Å². The van der Waals surface area contributed by atoms with Crippen molar-refractivity contribution >= 4 is 16.7 Å². The maximum absolute atomic E-state index is 13.2. The molecule has 1 aliphatic carbocycles. The molecule has 1 atom stereocenters. The largest absolute Gasteiger partial charge is 0.397 e. The van der Waals surface area contributed by atoms with E-state index in [9.17, 15) is 18.0 Å². The lowest BCUT2D eigenvalue weighted by molar-refractivity contribution is -0.146. The number of benzene rings is 2. The summed E-state index contributed by atoms with van der Waals surface area (Å²) >= 11 is 0. The van der Waals surface area contributed by atoms with E-state index in [0.29, 0.717) is 16.3 Å². The van der Waals surface area contributed by atoms with Crippen molar-refractivity contribution in [3.8, 4) is 11.1 Å². The van der Waals surface area contributed by atoms with Gasteiger partial charge in [-0.2, -0.15) is 23.4 Å². The minimum Gasteiger partial charge on any atom is -0.349 e. The predicted molar refractivity (Wildman–Crippen MR) is 105 cm³/mol. The molecule has 0 spiro atoms. The summed E-state index contributed by atoms with van der Waals surface area (Å²) in [6.45, 7) is 3.02. The zero-order chi connectivity index (χ0) is 20.8. The molecule has 1 aliphatic rings. The zero-order valence-electron chi connectivity index (χ0n) is 16.0. The molecule has 0 saturated heterocycles. The topological polar surface area (TPSA) is 54.9 Å². The van der Waals surface area contributed by atoms with Gasteiger partial charge in [-0.05, 0) is 61.6 Å². The molecule has 0 bridgehead atoms. The van der Waals surface area contributed by atoms with Crippen LogP contribution in [0.1, 0.15) is 47.3 Å². The predicted octanol–water partition coefficient (Wildman–Crippen LogP) is 5.16. The van der Waals surface area contributed by atoms with E-state index >= 15 is 0 Å². The molecule has 1 saturated carbocycles. The number of halogens is 3. The van der Waals surface area contributed by atoms with Crippen molar-refractivity contribution < 1.29 is 18.0 Å². The summed E-state index contributed by atoms with van der Waals surface area (Å²) in [5, 5.41) is 11.5. The lowest BCUT2D eigenvalue weighted by Crippen LogP contribution is -2.25. The highest BCUT2D eigenvalue weighted by molar-refractivity contribution is 5.97. The molecule has 29 heavy (non-hydrogen) atoms. The molecular formula is C22H20F3N3O. The van der Waals surface area contributed by atoms with Crippen LogP contribution < -0.4 is 5.32 Å². The molecule has 1 amide bonds. The molecule has 1 aromatic heterocycles. The summed E-state index contributed by atoms with van der Waals surface area (Å²) in [5.74, 6) is -1.82. The van der Waals surface area contributed by atoms with E-state index in [4.69, 9.17) is 0 Å². The van der Waals surface area contributed by atoms with Crippen LogP contribution in [0.4, 0.5) is 13.2 Å². The van der Waals surface area contributed by atoms with Gasteiger partial charge in [-0.15, -0.1) is 0 Å². The van der Waals surface area contributed by atoms with Crippen molar-refractivity contribution in [1.29, 1.82) is 0 Å². The van der Waals surface area contributed by atoms with Crippen LogP contribution >= 0.6 is 0 Å². The average molecular weight is 399 g/mol. The number of hydrogen-bond donors (Lipinski definition) is 1. The maximum atomic E-state index is 13.2. The molecule has 0 radical (unpaired) electrons. The van der Waals surface area contributed by atoms with E-state index in [1.54, 1.807) is 24.3 Å². The molecule has 1 heterocycles. The Bertz CT molecular complexity index is 1090. The smallest absolute Gasteiger partial charge is 0.349 e. The number of hydrogen-bond acceptors (Lipinski definition) is 3. The van der Waals surface area contributed by atoms with E-state index in [-0.39, 0.29) is 17.6 Å². The second-order valence-corrected chi connectivity index (χ2v) is 7.57. The van der Waals surface area contributed by atoms with Gasteiger partial charge in [0.05, 0.1) is 17.8 Å². The van der Waals surface area contributed by atoms with Crippen LogP contribution in [0.2, 0.25) is 0 Å². The summed E-state index contributed by atoms with van der Waals surface area (Å²) < 4.78 is 39.5. The van der Waals surface area contributed by atoms with Gasteiger partial charge in [0.25, 0.3) is 5.91 Å². The molecule has 0 unspecified atom stereocenters. The van der Waals surface area contributed by atoms with E-state index < -0.39 is 12.1 Å². The molecule has 150 valence electrons. The van der Waals surface area contributed by atoms with Crippen molar-refractivity contribution in [1.82, 2.24) is 15.5 Å². The summed E-state index contributed by atoms with van der Waals surface area (Å²) in [6.07, 6.45) is -0.907. The van der Waals surface area contributed by atoms with Gasteiger partial charge in [-0.25, -0.2) is 0 Å². The minimum absolute atomic E-state index is 0.0872. The van der Waals surface area contributed by atoms with Gasteiger partial charge in [0, 0.05) is 22.4 Å². The Balaban J connectivity index is 1.74. The molecule has 3 aromatic rings. The van der Waals surface area contributed by atoms with Crippen molar-refractivity contribution in [2.75, 3.05) is 0 Å². The van der Waals surface area contributed by atoms with E-state index in [0.717, 1.165) is 36.5 Å². The molecule has 1 N–H and O–H groups in total. The third kappa shape index (κ3) is 3.95. The van der Waals surface area contributed by atoms with Crippen LogP contribution in [0.5, 0.6) is 0 Å². The Morgan fingerprint density at radius 2 is 1.93 bits per heavy atom. The lowest BCUT2D eigenvalue weighted by Gasteiger charge is -2.16. The first kappa shape index (κ1) is 19.4. The highest BCUT2D eigenvalue weighted by atomic mass is 19.4. The number of nitrogens with one attached hydrogen (secondary N) is 1. The first-order valence-corrected chi connectivity index (χ1v) is 9.48. The van der Waals surface area contributed by atoms with Crippen molar-refractivity contribution in [2.24, 2.45) is 0 Å². The molecule has 7 heteroatoms. The number of fused-ring (bicyclic) bond motifs is 1. The van der Waals surface area contributed by atoms with Gasteiger partial charge in [0.15, 0.2) is 0 Å². The van der Waals surface area contributed by atoms with Crippen LogP contribution in [0.3, 0.4) is 0 Å². The number of carbonyl (C=O) groups excluding carboxylic acids is 1. The van der Waals surface area contributed by atoms with Gasteiger partial charge in [-0.3, -0.25) is 4.79 Å². The summed E-state index contributed by atoms with van der Waals surface area (Å²) in [4.78, 5) is 12.4. The number of amides is 1. The monoisotopic (exact) mass is 399 g/mol. The number of aryl methyl sites for hydroxylation is 1. The fourth-order valence-corrected chi connectivity index (χ4v) is 3.32. The molecule has 4 nitrogen and oxygen atoms in total. The average Bonchev–Trinajstić information content (AvgIpc) is 3.50. The first-order valence-electron chi connectivity index (χ1n) is 9.48. The lowest BCUT2D eigenvalue weighted by atomic mass is 9.94. The van der Waals surface area contributed by atoms with E-state index in [2.05, 4.69) is 15.5 Å². The van der Waals surface area contributed by atoms with Crippen LogP contribution in [-0.4, -0.2) is 28.3 Å². The standard InChI is InChI=1S/C22H20F3N3O/c1-12-3-4-15(21(29)27-17-6-7-17)10-19(12)14-5-8-18-16(9-14)11-26-28-20(18)13(2)22(23,24)25/h3-5,8-11,13,17H,6-7H2,1-2H3,(H,27,29)/t13-/m0/s1. The van der Waals surface area contributed by atoms with Gasteiger partial charge in [0.2, 0.25) is 0 Å². The second-order valence-electron chi connectivity index (χ2n) is 7.57. The fourth-order valence-electron chi connectivity index (χ4n) is 3.32. The van der Waals surface area contributed by atoms with Gasteiger partial charge in [-0.1, -0.05) is 18.2 Å². The maximum Gasteiger partial charge on any atom is 0.397 e. The van der Waals surface area contributed by atoms with E-state index in [1.165, 1.54) is 6.20 Å². The van der Waals surface area contributed by atoms with Crippen molar-refractivity contribution in [3.05, 3.63) is 59.4 Å². The summed E-state index contributed by atoms with van der Waals surface area (Å²) in [6, 6.07) is 11.0. The molecular weight excluding hydrogens is 379 g/mol. The van der Waals surface area contributed by atoms with Crippen LogP contribution in [0, 0.1) is 6.92 Å². The Labute approximate surface area is 166 Å². The third-order valence-corrected chi connectivity index (χ3v) is 5.31. The Hall–Kier alpha value is -2.96. The first-order chi connectivity index (χ1) is 13.7. The third-order valence-electron chi connectivity index (χ3n) is 5.31. The van der Waals surface area contributed by atoms with Gasteiger partial charge in [0.1, 0.15) is 0 Å². The number of aromatic nitrogens is 2. The molecule has 0 aliphatic heterocycles. The Morgan fingerprint density at radius 3 is 2.62 bits per heavy atom. The summed E-state index contributed by atoms with van der Waals surface area (Å²) in [5.41, 5.74) is 3.12. The van der Waals surface area contributed by atoms with Crippen LogP contribution in [-0.2, 0) is 0 Å². The van der Waals surface area contributed by atoms with E-state index in [1.807, 2.05) is 19.1 Å². The number of carbonyl (C=O) groups is 1. The highest BCUT2D eigenvalue weighted by Crippen LogP contribution is 2.37. The quantitative estimate of drug-likeness (QED) is 0.659.